The van der Waals surface area contributed by atoms with Gasteiger partial charge in [-0.25, -0.2) is 4.39 Å². The van der Waals surface area contributed by atoms with Crippen LogP contribution < -0.4 is 5.32 Å². The minimum Gasteiger partial charge on any atom is -0.326 e. The fourth-order valence-electron chi connectivity index (χ4n) is 1.02. The third kappa shape index (κ3) is 3.30. The Morgan fingerprint density at radius 3 is 2.80 bits per heavy atom. The van der Waals surface area contributed by atoms with E-state index in [9.17, 15) is 9.18 Å². The largest absolute Gasteiger partial charge is 0.326 e. The predicted molar refractivity (Wildman–Crippen MR) is 62.2 cm³/mol. The summed E-state index contributed by atoms with van der Waals surface area (Å²) in [4.78, 5) is 11.5. The Labute approximate surface area is 97.0 Å². The molecular weight excluding hydrogens is 261 g/mol. The van der Waals surface area contributed by atoms with Gasteiger partial charge in [0.15, 0.2) is 0 Å². The standard InChI is InChI=1S/C11H13BrFNO/c1-3-7(2)11(15)14-8-4-5-10(13)9(12)6-8/h4-7H,3H2,1-2H3,(H,14,15). The zero-order valence-electron chi connectivity index (χ0n) is 8.68. The molecule has 0 aliphatic heterocycles. The maximum atomic E-state index is 12.9. The van der Waals surface area contributed by atoms with Crippen molar-refractivity contribution in [2.75, 3.05) is 5.32 Å². The van der Waals surface area contributed by atoms with Crippen molar-refractivity contribution >= 4 is 27.5 Å². The molecule has 1 unspecified atom stereocenters. The number of nitrogens with one attached hydrogen (secondary N) is 1. The number of carbonyl (C=O) groups is 1. The van der Waals surface area contributed by atoms with Crippen molar-refractivity contribution in [2.45, 2.75) is 20.3 Å². The van der Waals surface area contributed by atoms with Gasteiger partial charge in [0.2, 0.25) is 5.91 Å². The van der Waals surface area contributed by atoms with Crippen molar-refractivity contribution in [3.8, 4) is 0 Å². The Hall–Kier alpha value is -0.900. The third-order valence-electron chi connectivity index (χ3n) is 2.25. The van der Waals surface area contributed by atoms with Crippen LogP contribution in [0, 0.1) is 11.7 Å². The number of hydrogen-bond acceptors (Lipinski definition) is 1. The Morgan fingerprint density at radius 2 is 2.27 bits per heavy atom. The number of carbonyl (C=O) groups excluding carboxylic acids is 1. The lowest BCUT2D eigenvalue weighted by molar-refractivity contribution is -0.119. The highest BCUT2D eigenvalue weighted by Gasteiger charge is 2.10. The van der Waals surface area contributed by atoms with Crippen LogP contribution in [0.1, 0.15) is 20.3 Å². The minimum atomic E-state index is -0.337. The van der Waals surface area contributed by atoms with Crippen LogP contribution in [0.5, 0.6) is 0 Å². The molecule has 0 radical (unpaired) electrons. The van der Waals surface area contributed by atoms with E-state index in [0.717, 1.165) is 6.42 Å². The second-order valence-electron chi connectivity index (χ2n) is 3.43. The van der Waals surface area contributed by atoms with Gasteiger partial charge < -0.3 is 5.32 Å². The first kappa shape index (κ1) is 12.2. The van der Waals surface area contributed by atoms with Crippen LogP contribution in [0.2, 0.25) is 0 Å². The van der Waals surface area contributed by atoms with E-state index in [-0.39, 0.29) is 17.6 Å². The smallest absolute Gasteiger partial charge is 0.227 e. The van der Waals surface area contributed by atoms with E-state index in [1.165, 1.54) is 6.07 Å². The Bertz CT molecular complexity index is 368. The van der Waals surface area contributed by atoms with Crippen LogP contribution in [-0.2, 0) is 4.79 Å². The van der Waals surface area contributed by atoms with Gasteiger partial charge in [-0.1, -0.05) is 13.8 Å². The van der Waals surface area contributed by atoms with E-state index < -0.39 is 0 Å². The molecule has 0 saturated carbocycles. The molecule has 0 bridgehead atoms. The van der Waals surface area contributed by atoms with Gasteiger partial charge in [-0.2, -0.15) is 0 Å². The van der Waals surface area contributed by atoms with Gasteiger partial charge in [0.25, 0.3) is 0 Å². The van der Waals surface area contributed by atoms with Crippen molar-refractivity contribution in [1.82, 2.24) is 0 Å². The molecule has 1 atom stereocenters. The lowest BCUT2D eigenvalue weighted by Crippen LogP contribution is -2.19. The molecule has 0 aliphatic rings. The summed E-state index contributed by atoms with van der Waals surface area (Å²) in [5.41, 5.74) is 0.605. The average molecular weight is 274 g/mol. The van der Waals surface area contributed by atoms with E-state index in [0.29, 0.717) is 10.2 Å². The van der Waals surface area contributed by atoms with Crippen LogP contribution in [0.25, 0.3) is 0 Å². The number of anilines is 1. The van der Waals surface area contributed by atoms with Crippen molar-refractivity contribution < 1.29 is 9.18 Å². The molecule has 0 heterocycles. The molecule has 1 amide bonds. The van der Waals surface area contributed by atoms with E-state index in [1.807, 2.05) is 13.8 Å². The van der Waals surface area contributed by atoms with Gasteiger partial charge >= 0.3 is 0 Å². The molecule has 2 nitrogen and oxygen atoms in total. The van der Waals surface area contributed by atoms with Gasteiger partial charge in [0.1, 0.15) is 5.82 Å². The molecule has 0 fully saturated rings. The highest BCUT2D eigenvalue weighted by molar-refractivity contribution is 9.10. The molecule has 1 N–H and O–H groups in total. The fourth-order valence-corrected chi connectivity index (χ4v) is 1.40. The van der Waals surface area contributed by atoms with Gasteiger partial charge in [-0.05, 0) is 40.5 Å². The summed E-state index contributed by atoms with van der Waals surface area (Å²) in [5.74, 6) is -0.415. The van der Waals surface area contributed by atoms with Crippen LogP contribution in [0.3, 0.4) is 0 Å². The summed E-state index contributed by atoms with van der Waals surface area (Å²) in [6.07, 6.45) is 0.786. The van der Waals surface area contributed by atoms with Crippen LogP contribution in [0.4, 0.5) is 10.1 Å². The maximum absolute atomic E-state index is 12.9. The topological polar surface area (TPSA) is 29.1 Å². The molecule has 0 aromatic heterocycles. The Morgan fingerprint density at radius 1 is 1.60 bits per heavy atom. The quantitative estimate of drug-likeness (QED) is 0.896. The minimum absolute atomic E-state index is 0.0335. The first-order valence-electron chi connectivity index (χ1n) is 4.80. The zero-order valence-corrected chi connectivity index (χ0v) is 10.3. The molecule has 4 heteroatoms. The van der Waals surface area contributed by atoms with Crippen LogP contribution >= 0.6 is 15.9 Å². The van der Waals surface area contributed by atoms with Crippen molar-refractivity contribution in [3.63, 3.8) is 0 Å². The molecular formula is C11H13BrFNO. The van der Waals surface area contributed by atoms with Gasteiger partial charge in [0.05, 0.1) is 4.47 Å². The molecule has 0 spiro atoms. The Balaban J connectivity index is 2.73. The van der Waals surface area contributed by atoms with Crippen molar-refractivity contribution in [1.29, 1.82) is 0 Å². The van der Waals surface area contributed by atoms with Gasteiger partial charge in [-0.3, -0.25) is 4.79 Å². The van der Waals surface area contributed by atoms with Crippen LogP contribution in [0.15, 0.2) is 22.7 Å². The number of benzene rings is 1. The SMILES string of the molecule is CCC(C)C(=O)Nc1ccc(F)c(Br)c1. The molecule has 82 valence electrons. The molecule has 0 saturated heterocycles. The molecule has 1 rings (SSSR count). The second kappa shape index (κ2) is 5.26. The summed E-state index contributed by atoms with van der Waals surface area (Å²) in [5, 5.41) is 2.73. The van der Waals surface area contributed by atoms with Crippen molar-refractivity contribution in [2.24, 2.45) is 5.92 Å². The fraction of sp³-hybridized carbons (Fsp3) is 0.364. The average Bonchev–Trinajstić information content (AvgIpc) is 2.22. The summed E-state index contributed by atoms with van der Waals surface area (Å²) >= 11 is 3.06. The molecule has 0 aliphatic carbocycles. The summed E-state index contributed by atoms with van der Waals surface area (Å²) in [7, 11) is 0. The first-order chi connectivity index (χ1) is 7.04. The monoisotopic (exact) mass is 273 g/mol. The van der Waals surface area contributed by atoms with E-state index in [4.69, 9.17) is 0 Å². The zero-order chi connectivity index (χ0) is 11.4. The molecule has 1 aromatic carbocycles. The van der Waals surface area contributed by atoms with E-state index in [2.05, 4.69) is 21.2 Å². The first-order valence-corrected chi connectivity index (χ1v) is 5.59. The maximum Gasteiger partial charge on any atom is 0.227 e. The number of hydrogen-bond donors (Lipinski definition) is 1. The lowest BCUT2D eigenvalue weighted by atomic mass is 10.1. The number of rotatable bonds is 3. The number of halogens is 2. The highest BCUT2D eigenvalue weighted by Crippen LogP contribution is 2.20. The second-order valence-corrected chi connectivity index (χ2v) is 4.28. The highest BCUT2D eigenvalue weighted by atomic mass is 79.9. The lowest BCUT2D eigenvalue weighted by Gasteiger charge is -2.10. The summed E-state index contributed by atoms with van der Waals surface area (Å²) in [6.45, 7) is 3.80. The normalized spacial score (nSPS) is 12.3. The summed E-state index contributed by atoms with van der Waals surface area (Å²) < 4.78 is 13.3. The molecule has 15 heavy (non-hydrogen) atoms. The van der Waals surface area contributed by atoms with Crippen molar-refractivity contribution in [3.05, 3.63) is 28.5 Å². The van der Waals surface area contributed by atoms with Gasteiger partial charge in [0, 0.05) is 11.6 Å². The summed E-state index contributed by atoms with van der Waals surface area (Å²) in [6, 6.07) is 4.41. The Kier molecular flexibility index (Phi) is 4.27. The number of amides is 1. The molecule has 1 aromatic rings. The third-order valence-corrected chi connectivity index (χ3v) is 2.85. The predicted octanol–water partition coefficient (Wildman–Crippen LogP) is 3.57. The van der Waals surface area contributed by atoms with Gasteiger partial charge in [-0.15, -0.1) is 0 Å². The van der Waals surface area contributed by atoms with Crippen LogP contribution in [-0.4, -0.2) is 5.91 Å². The van der Waals surface area contributed by atoms with E-state index >= 15 is 0 Å². The van der Waals surface area contributed by atoms with E-state index in [1.54, 1.807) is 12.1 Å².